The molecule has 0 bridgehead atoms. The summed E-state index contributed by atoms with van der Waals surface area (Å²) in [5.41, 5.74) is 0. The van der Waals surface area contributed by atoms with E-state index in [0.717, 1.165) is 24.6 Å². The van der Waals surface area contributed by atoms with Gasteiger partial charge >= 0.3 is 0 Å². The van der Waals surface area contributed by atoms with Crippen LogP contribution in [0.25, 0.3) is 0 Å². The van der Waals surface area contributed by atoms with Crippen molar-refractivity contribution in [3.05, 3.63) is 42.4 Å². The summed E-state index contributed by atoms with van der Waals surface area (Å²) in [6.45, 7) is 5.41. The number of imidazole rings is 1. The van der Waals surface area contributed by atoms with Crippen molar-refractivity contribution in [1.29, 1.82) is 0 Å². The van der Waals surface area contributed by atoms with Crippen molar-refractivity contribution in [2.24, 2.45) is 13.0 Å². The molecule has 0 saturated heterocycles. The van der Waals surface area contributed by atoms with Gasteiger partial charge in [0, 0.05) is 19.4 Å². The number of aromatic nitrogens is 2. The van der Waals surface area contributed by atoms with Gasteiger partial charge in [-0.3, -0.25) is 0 Å². The molecule has 2 rings (SSSR count). The number of aryl methyl sites for hydroxylation is 1. The maximum Gasteiger partial charge on any atom is 0.133 e. The minimum atomic E-state index is 0.0266. The van der Waals surface area contributed by atoms with Gasteiger partial charge in [-0.05, 0) is 31.0 Å². The van der Waals surface area contributed by atoms with Gasteiger partial charge in [-0.1, -0.05) is 13.8 Å². The van der Waals surface area contributed by atoms with Gasteiger partial charge in [0.15, 0.2) is 0 Å². The Hall–Kier alpha value is -1.55. The topological polar surface area (TPSA) is 43.0 Å². The van der Waals surface area contributed by atoms with Crippen molar-refractivity contribution in [2.45, 2.75) is 26.3 Å². The maximum absolute atomic E-state index is 5.52. The third-order valence-electron chi connectivity index (χ3n) is 3.01. The highest BCUT2D eigenvalue weighted by Gasteiger charge is 2.20. The first-order chi connectivity index (χ1) is 8.68. The van der Waals surface area contributed by atoms with E-state index >= 15 is 0 Å². The van der Waals surface area contributed by atoms with Crippen LogP contribution in [0.15, 0.2) is 35.2 Å². The minimum Gasteiger partial charge on any atom is -0.467 e. The number of nitrogens with zero attached hydrogens (tertiary/aromatic N) is 2. The molecule has 0 amide bonds. The molecule has 0 radical (unpaired) electrons. The standard InChI is InChI=1S/C14H21N3O/c1-11(2)6-7-15-13(12-5-4-10-18-12)14-16-8-9-17(14)3/h4-5,8-11,13,15H,6-7H2,1-3H3. The molecular formula is C14H21N3O. The van der Waals surface area contributed by atoms with E-state index in [1.807, 2.05) is 36.1 Å². The van der Waals surface area contributed by atoms with Crippen molar-refractivity contribution in [3.8, 4) is 0 Å². The average Bonchev–Trinajstić information content (AvgIpc) is 2.96. The molecule has 1 N–H and O–H groups in total. The fourth-order valence-electron chi connectivity index (χ4n) is 1.95. The van der Waals surface area contributed by atoms with Gasteiger partial charge in [0.2, 0.25) is 0 Å². The SMILES string of the molecule is CC(C)CCNC(c1ccco1)c1nccn1C. The monoisotopic (exact) mass is 247 g/mol. The lowest BCUT2D eigenvalue weighted by atomic mass is 10.1. The van der Waals surface area contributed by atoms with Crippen LogP contribution < -0.4 is 5.32 Å². The predicted octanol–water partition coefficient (Wildman–Crippen LogP) is 2.74. The third kappa shape index (κ3) is 3.01. The van der Waals surface area contributed by atoms with Gasteiger partial charge in [0.1, 0.15) is 17.6 Å². The zero-order chi connectivity index (χ0) is 13.0. The number of hydrogen-bond donors (Lipinski definition) is 1. The third-order valence-corrected chi connectivity index (χ3v) is 3.01. The first-order valence-corrected chi connectivity index (χ1v) is 6.42. The highest BCUT2D eigenvalue weighted by atomic mass is 16.3. The van der Waals surface area contributed by atoms with Gasteiger partial charge in [-0.15, -0.1) is 0 Å². The predicted molar refractivity (Wildman–Crippen MR) is 71.2 cm³/mol. The van der Waals surface area contributed by atoms with Crippen LogP contribution in [0.5, 0.6) is 0 Å². The van der Waals surface area contributed by atoms with E-state index in [9.17, 15) is 0 Å². The van der Waals surface area contributed by atoms with Gasteiger partial charge in [0.05, 0.1) is 6.26 Å². The van der Waals surface area contributed by atoms with Gasteiger partial charge in [0.25, 0.3) is 0 Å². The van der Waals surface area contributed by atoms with Crippen LogP contribution in [0, 0.1) is 5.92 Å². The van der Waals surface area contributed by atoms with Gasteiger partial charge < -0.3 is 14.3 Å². The van der Waals surface area contributed by atoms with E-state index < -0.39 is 0 Å². The van der Waals surface area contributed by atoms with Crippen LogP contribution in [-0.2, 0) is 7.05 Å². The molecule has 0 aliphatic rings. The normalized spacial score (nSPS) is 13.1. The van der Waals surface area contributed by atoms with E-state index in [1.54, 1.807) is 6.26 Å². The molecule has 4 nitrogen and oxygen atoms in total. The number of hydrogen-bond acceptors (Lipinski definition) is 3. The summed E-state index contributed by atoms with van der Waals surface area (Å²) < 4.78 is 7.54. The van der Waals surface area contributed by atoms with E-state index in [0.29, 0.717) is 5.92 Å². The van der Waals surface area contributed by atoms with E-state index in [4.69, 9.17) is 4.42 Å². The second kappa shape index (κ2) is 5.87. The van der Waals surface area contributed by atoms with E-state index in [-0.39, 0.29) is 6.04 Å². The largest absolute Gasteiger partial charge is 0.467 e. The molecule has 98 valence electrons. The van der Waals surface area contributed by atoms with Crippen LogP contribution in [0.3, 0.4) is 0 Å². The molecule has 0 fully saturated rings. The van der Waals surface area contributed by atoms with E-state index in [1.165, 1.54) is 0 Å². The van der Waals surface area contributed by atoms with Crippen molar-refractivity contribution in [3.63, 3.8) is 0 Å². The quantitative estimate of drug-likeness (QED) is 0.853. The van der Waals surface area contributed by atoms with Crippen LogP contribution in [0.4, 0.5) is 0 Å². The molecule has 0 spiro atoms. The first kappa shape index (κ1) is 12.9. The smallest absolute Gasteiger partial charge is 0.133 e. The van der Waals surface area contributed by atoms with Crippen molar-refractivity contribution >= 4 is 0 Å². The highest BCUT2D eigenvalue weighted by molar-refractivity contribution is 5.15. The van der Waals surface area contributed by atoms with Crippen LogP contribution >= 0.6 is 0 Å². The summed E-state index contributed by atoms with van der Waals surface area (Å²) in [5.74, 6) is 2.58. The summed E-state index contributed by atoms with van der Waals surface area (Å²) in [6, 6.07) is 3.93. The fraction of sp³-hybridized carbons (Fsp3) is 0.500. The zero-order valence-corrected chi connectivity index (χ0v) is 11.3. The molecule has 2 aromatic heterocycles. The molecule has 0 aliphatic carbocycles. The fourth-order valence-corrected chi connectivity index (χ4v) is 1.95. The molecule has 4 heteroatoms. The molecule has 0 saturated carbocycles. The lowest BCUT2D eigenvalue weighted by Crippen LogP contribution is -2.26. The van der Waals surface area contributed by atoms with Gasteiger partial charge in [-0.2, -0.15) is 0 Å². The summed E-state index contributed by atoms with van der Waals surface area (Å²) >= 11 is 0. The Morgan fingerprint density at radius 3 is 2.83 bits per heavy atom. The Morgan fingerprint density at radius 1 is 1.44 bits per heavy atom. The lowest BCUT2D eigenvalue weighted by molar-refractivity contribution is 0.416. The second-order valence-corrected chi connectivity index (χ2v) is 4.98. The highest BCUT2D eigenvalue weighted by Crippen LogP contribution is 2.20. The molecule has 1 atom stereocenters. The van der Waals surface area contributed by atoms with Crippen molar-refractivity contribution < 1.29 is 4.42 Å². The number of furan rings is 1. The maximum atomic E-state index is 5.52. The Morgan fingerprint density at radius 2 is 2.28 bits per heavy atom. The van der Waals surface area contributed by atoms with Crippen molar-refractivity contribution in [2.75, 3.05) is 6.54 Å². The van der Waals surface area contributed by atoms with Crippen LogP contribution in [-0.4, -0.2) is 16.1 Å². The first-order valence-electron chi connectivity index (χ1n) is 6.42. The Balaban J connectivity index is 2.12. The number of nitrogens with one attached hydrogen (secondary N) is 1. The zero-order valence-electron chi connectivity index (χ0n) is 11.3. The van der Waals surface area contributed by atoms with Crippen LogP contribution in [0.2, 0.25) is 0 Å². The molecule has 18 heavy (non-hydrogen) atoms. The van der Waals surface area contributed by atoms with Crippen LogP contribution in [0.1, 0.15) is 37.9 Å². The molecular weight excluding hydrogens is 226 g/mol. The van der Waals surface area contributed by atoms with Gasteiger partial charge in [-0.25, -0.2) is 4.98 Å². The summed E-state index contributed by atoms with van der Waals surface area (Å²) in [4.78, 5) is 4.41. The molecule has 1 unspecified atom stereocenters. The molecule has 2 heterocycles. The second-order valence-electron chi connectivity index (χ2n) is 4.98. The Bertz CT molecular complexity index is 459. The van der Waals surface area contributed by atoms with Crippen molar-refractivity contribution in [1.82, 2.24) is 14.9 Å². The Kier molecular flexibility index (Phi) is 4.20. The summed E-state index contributed by atoms with van der Waals surface area (Å²) in [5, 5.41) is 3.52. The molecule has 2 aromatic rings. The number of rotatable bonds is 6. The lowest BCUT2D eigenvalue weighted by Gasteiger charge is -2.17. The summed E-state index contributed by atoms with van der Waals surface area (Å²) in [7, 11) is 2.00. The Labute approximate surface area is 108 Å². The molecule has 0 aliphatic heterocycles. The van der Waals surface area contributed by atoms with E-state index in [2.05, 4.69) is 24.1 Å². The minimum absolute atomic E-state index is 0.0266. The average molecular weight is 247 g/mol. The molecule has 0 aromatic carbocycles. The summed E-state index contributed by atoms with van der Waals surface area (Å²) in [6.07, 6.45) is 6.61.